The van der Waals surface area contributed by atoms with Crippen molar-refractivity contribution >= 4 is 87.5 Å². The molecule has 0 aliphatic rings. The van der Waals surface area contributed by atoms with Gasteiger partial charge in [0.1, 0.15) is 34.0 Å². The van der Waals surface area contributed by atoms with Gasteiger partial charge in [0, 0.05) is 32.3 Å². The molecule has 0 bridgehead atoms. The van der Waals surface area contributed by atoms with Crippen LogP contribution in [0.4, 0.5) is 0 Å². The molecule has 48 heavy (non-hydrogen) atoms. The first kappa shape index (κ1) is 25.4. The van der Waals surface area contributed by atoms with E-state index in [9.17, 15) is 5.26 Å². The molecule has 11 rings (SSSR count). The molecule has 0 aliphatic heterocycles. The monoisotopic (exact) mass is 613 g/mol. The first-order chi connectivity index (χ1) is 23.8. The van der Waals surface area contributed by atoms with Crippen LogP contribution < -0.4 is 0 Å². The Balaban J connectivity index is 1.25. The lowest BCUT2D eigenvalue weighted by Crippen LogP contribution is -2.03. The van der Waals surface area contributed by atoms with Crippen molar-refractivity contribution < 1.29 is 8.83 Å². The Hall–Kier alpha value is -6.77. The van der Waals surface area contributed by atoms with Gasteiger partial charge < -0.3 is 18.0 Å². The summed E-state index contributed by atoms with van der Waals surface area (Å²) < 4.78 is 17.5. The average Bonchev–Trinajstić information content (AvgIpc) is 3.88. The molecule has 5 heteroatoms. The van der Waals surface area contributed by atoms with Crippen LogP contribution >= 0.6 is 0 Å². The molecule has 0 radical (unpaired) electrons. The lowest BCUT2D eigenvalue weighted by molar-refractivity contribution is 0.672. The van der Waals surface area contributed by atoms with E-state index in [1.54, 1.807) is 0 Å². The van der Waals surface area contributed by atoms with Gasteiger partial charge in [-0.15, -0.1) is 0 Å². The Bertz CT molecular complexity index is 2990. The van der Waals surface area contributed by atoms with Gasteiger partial charge in [-0.3, -0.25) is 0 Å². The molecule has 0 fully saturated rings. The number of aromatic nitrogens is 2. The van der Waals surface area contributed by atoms with Crippen molar-refractivity contribution in [3.05, 3.63) is 145 Å². The highest BCUT2D eigenvalue weighted by atomic mass is 16.3. The molecule has 0 aliphatic carbocycles. The minimum atomic E-state index is 0.581. The fourth-order valence-electron chi connectivity index (χ4n) is 8.00. The molecule has 7 aromatic carbocycles. The van der Waals surface area contributed by atoms with Gasteiger partial charge in [0.25, 0.3) is 0 Å². The van der Waals surface area contributed by atoms with E-state index in [1.165, 1.54) is 0 Å². The fraction of sp³-hybridized carbons (Fsp3) is 0. The van der Waals surface area contributed by atoms with Gasteiger partial charge in [-0.25, -0.2) is 0 Å². The van der Waals surface area contributed by atoms with Crippen molar-refractivity contribution in [2.24, 2.45) is 0 Å². The quantitative estimate of drug-likeness (QED) is 0.195. The highest BCUT2D eigenvalue weighted by Gasteiger charge is 2.24. The summed E-state index contributed by atoms with van der Waals surface area (Å²) in [7, 11) is 0. The third-order valence-corrected chi connectivity index (χ3v) is 9.97. The van der Waals surface area contributed by atoms with Gasteiger partial charge >= 0.3 is 0 Å². The van der Waals surface area contributed by atoms with Gasteiger partial charge in [0.15, 0.2) is 0 Å². The van der Waals surface area contributed by atoms with E-state index in [4.69, 9.17) is 8.83 Å². The van der Waals surface area contributed by atoms with Gasteiger partial charge in [-0.2, -0.15) is 5.26 Å². The summed E-state index contributed by atoms with van der Waals surface area (Å²) in [5.74, 6) is 0. The van der Waals surface area contributed by atoms with Crippen molar-refractivity contribution in [1.82, 2.24) is 9.13 Å². The van der Waals surface area contributed by atoms with Crippen LogP contribution in [-0.4, -0.2) is 9.13 Å². The largest absolute Gasteiger partial charge is 0.455 e. The number of hydrogen-bond acceptors (Lipinski definition) is 3. The standard InChI is InChI=1S/C43H23N3O2/c44-24-31-34(45-32-14-5-1-12-29(32)40-36(45)22-20-27-25-10-3-7-18-38(25)47-42(27)40)16-9-17-35(31)46-33-15-6-2-13-30(33)41-37(46)23-21-28-26-11-4-8-19-39(26)48-43(28)41/h1-23H. The SMILES string of the molecule is N#Cc1c(-n2c3ccccc3c3c4oc5ccccc5c4ccc32)cccc1-n1c2ccccc2c2c3oc4ccccc4c3ccc21. The zero-order chi connectivity index (χ0) is 31.5. The van der Waals surface area contributed by atoms with Crippen molar-refractivity contribution in [2.45, 2.75) is 0 Å². The molecule has 4 heterocycles. The van der Waals surface area contributed by atoms with Gasteiger partial charge in [0.2, 0.25) is 0 Å². The van der Waals surface area contributed by atoms with E-state index in [2.05, 4.69) is 100 Å². The lowest BCUT2D eigenvalue weighted by Gasteiger charge is -2.15. The summed E-state index contributed by atoms with van der Waals surface area (Å²) in [6, 6.07) is 50.5. The van der Waals surface area contributed by atoms with E-state index in [0.29, 0.717) is 5.56 Å². The van der Waals surface area contributed by atoms with Gasteiger partial charge in [0.05, 0.1) is 44.2 Å². The van der Waals surface area contributed by atoms with E-state index >= 15 is 0 Å². The number of rotatable bonds is 2. The maximum atomic E-state index is 11.0. The first-order valence-corrected chi connectivity index (χ1v) is 16.0. The molecule has 0 saturated carbocycles. The number of nitrogens with zero attached hydrogens (tertiary/aromatic N) is 3. The molecule has 0 spiro atoms. The second-order valence-corrected chi connectivity index (χ2v) is 12.4. The molecular weight excluding hydrogens is 590 g/mol. The summed E-state index contributed by atoms with van der Waals surface area (Å²) in [5, 5.41) is 19.6. The van der Waals surface area contributed by atoms with E-state index in [1.807, 2.05) is 54.6 Å². The normalized spacial score (nSPS) is 12.1. The zero-order valence-electron chi connectivity index (χ0n) is 25.4. The Morgan fingerprint density at radius 3 is 1.31 bits per heavy atom. The predicted octanol–water partition coefficient (Wildman–Crippen LogP) is 11.6. The predicted molar refractivity (Wildman–Crippen MR) is 194 cm³/mol. The van der Waals surface area contributed by atoms with Crippen LogP contribution in [0.15, 0.2) is 148 Å². The molecule has 222 valence electrons. The molecular formula is C43H23N3O2. The second kappa shape index (κ2) is 9.16. The molecule has 0 saturated heterocycles. The topological polar surface area (TPSA) is 59.9 Å². The number of benzene rings is 7. The van der Waals surface area contributed by atoms with Crippen LogP contribution in [0.2, 0.25) is 0 Å². The number of furan rings is 2. The molecule has 4 aromatic heterocycles. The molecule has 0 atom stereocenters. The maximum Gasteiger partial charge on any atom is 0.145 e. The van der Waals surface area contributed by atoms with Gasteiger partial charge in [-0.05, 0) is 60.7 Å². The smallest absolute Gasteiger partial charge is 0.145 e. The van der Waals surface area contributed by atoms with Crippen LogP contribution in [0.1, 0.15) is 5.56 Å². The molecule has 0 amide bonds. The number of nitriles is 1. The number of hydrogen-bond donors (Lipinski definition) is 0. The molecule has 5 nitrogen and oxygen atoms in total. The molecule has 0 N–H and O–H groups in total. The van der Waals surface area contributed by atoms with E-state index < -0.39 is 0 Å². The summed E-state index contributed by atoms with van der Waals surface area (Å²) in [4.78, 5) is 0. The third-order valence-electron chi connectivity index (χ3n) is 9.97. The van der Waals surface area contributed by atoms with Gasteiger partial charge in [-0.1, -0.05) is 78.9 Å². The van der Waals surface area contributed by atoms with Crippen LogP contribution in [-0.2, 0) is 0 Å². The van der Waals surface area contributed by atoms with Crippen molar-refractivity contribution in [3.8, 4) is 17.4 Å². The summed E-state index contributed by atoms with van der Waals surface area (Å²) >= 11 is 0. The van der Waals surface area contributed by atoms with E-state index in [-0.39, 0.29) is 0 Å². The van der Waals surface area contributed by atoms with Crippen molar-refractivity contribution in [2.75, 3.05) is 0 Å². The maximum absolute atomic E-state index is 11.0. The third kappa shape index (κ3) is 3.14. The minimum Gasteiger partial charge on any atom is -0.455 e. The Labute approximate surface area is 272 Å². The van der Waals surface area contributed by atoms with Crippen LogP contribution in [0.3, 0.4) is 0 Å². The summed E-state index contributed by atoms with van der Waals surface area (Å²) in [5.41, 5.74) is 9.65. The highest BCUT2D eigenvalue weighted by Crippen LogP contribution is 2.44. The number of para-hydroxylation sites is 4. The fourth-order valence-corrected chi connectivity index (χ4v) is 8.00. The van der Waals surface area contributed by atoms with Crippen LogP contribution in [0, 0.1) is 11.3 Å². The first-order valence-electron chi connectivity index (χ1n) is 16.0. The highest BCUT2D eigenvalue weighted by molar-refractivity contribution is 6.25. The summed E-state index contributed by atoms with van der Waals surface area (Å²) in [6.07, 6.45) is 0. The lowest BCUT2D eigenvalue weighted by atomic mass is 10.1. The van der Waals surface area contributed by atoms with Crippen LogP contribution in [0.25, 0.3) is 98.9 Å². The van der Waals surface area contributed by atoms with Crippen molar-refractivity contribution in [3.63, 3.8) is 0 Å². The van der Waals surface area contributed by atoms with Crippen LogP contribution in [0.5, 0.6) is 0 Å². The Morgan fingerprint density at radius 2 is 0.833 bits per heavy atom. The summed E-state index contributed by atoms with van der Waals surface area (Å²) in [6.45, 7) is 0. The minimum absolute atomic E-state index is 0.581. The molecule has 11 aromatic rings. The Morgan fingerprint density at radius 1 is 0.396 bits per heavy atom. The number of fused-ring (bicyclic) bond motifs is 14. The average molecular weight is 614 g/mol. The second-order valence-electron chi connectivity index (χ2n) is 12.4. The zero-order valence-corrected chi connectivity index (χ0v) is 25.4. The molecule has 0 unspecified atom stereocenters. The van der Waals surface area contributed by atoms with Crippen molar-refractivity contribution in [1.29, 1.82) is 5.26 Å². The Kier molecular flexibility index (Phi) is 4.85. The van der Waals surface area contributed by atoms with E-state index in [0.717, 1.165) is 98.9 Å².